The summed E-state index contributed by atoms with van der Waals surface area (Å²) in [5.74, 6) is -3.49. The molecule has 8 nitrogen and oxygen atoms in total. The van der Waals surface area contributed by atoms with E-state index >= 15 is 0 Å². The number of aromatic hydroxyl groups is 3. The number of hydrogen-bond acceptors (Lipinski definition) is 7. The van der Waals surface area contributed by atoms with E-state index in [9.17, 15) is 29.7 Å². The first-order valence-corrected chi connectivity index (χ1v) is 8.46. The molecule has 6 N–H and O–H groups in total. The Kier molecular flexibility index (Phi) is 4.98. The average Bonchev–Trinajstić information content (AvgIpc) is 2.65. The second-order valence-electron chi connectivity index (χ2n) is 6.17. The predicted octanol–water partition coefficient (Wildman–Crippen LogP) is 1.90. The lowest BCUT2D eigenvalue weighted by atomic mass is 9.92. The number of nitrogens with one attached hydrogen (secondary N) is 1. The van der Waals surface area contributed by atoms with E-state index in [-0.39, 0.29) is 17.9 Å². The molecule has 0 radical (unpaired) electrons. The van der Waals surface area contributed by atoms with Crippen LogP contribution in [0.3, 0.4) is 0 Å². The fourth-order valence-corrected chi connectivity index (χ4v) is 3.13. The SMILES string of the molecule is NC(=O)[C@H](Cc1ccc(O)cc1)Nc1c(O)c2c(c(O)c1Cl)C(=O)C=CC2=O. The molecule has 1 amide bonds. The third kappa shape index (κ3) is 3.37. The van der Waals surface area contributed by atoms with E-state index in [2.05, 4.69) is 5.32 Å². The zero-order valence-corrected chi connectivity index (χ0v) is 15.0. The van der Waals surface area contributed by atoms with E-state index in [4.69, 9.17) is 17.3 Å². The number of halogens is 1. The third-order valence-corrected chi connectivity index (χ3v) is 4.67. The van der Waals surface area contributed by atoms with Crippen LogP contribution in [0.15, 0.2) is 36.4 Å². The van der Waals surface area contributed by atoms with Crippen LogP contribution in [0.2, 0.25) is 5.02 Å². The lowest BCUT2D eigenvalue weighted by Gasteiger charge is -2.22. The van der Waals surface area contributed by atoms with Crippen LogP contribution in [0.5, 0.6) is 17.2 Å². The molecular weight excluding hydrogens is 388 g/mol. The Morgan fingerprint density at radius 2 is 1.54 bits per heavy atom. The van der Waals surface area contributed by atoms with E-state index in [0.29, 0.717) is 5.56 Å². The van der Waals surface area contributed by atoms with Crippen molar-refractivity contribution in [3.63, 3.8) is 0 Å². The molecule has 9 heteroatoms. The van der Waals surface area contributed by atoms with Crippen molar-refractivity contribution in [2.75, 3.05) is 5.32 Å². The monoisotopic (exact) mass is 402 g/mol. The average molecular weight is 403 g/mol. The van der Waals surface area contributed by atoms with Crippen molar-refractivity contribution in [2.45, 2.75) is 12.5 Å². The zero-order chi connectivity index (χ0) is 20.6. The van der Waals surface area contributed by atoms with E-state index < -0.39 is 51.2 Å². The molecule has 3 rings (SSSR count). The Morgan fingerprint density at radius 3 is 2.07 bits per heavy atom. The molecule has 28 heavy (non-hydrogen) atoms. The van der Waals surface area contributed by atoms with Gasteiger partial charge in [-0.05, 0) is 29.8 Å². The molecule has 2 aromatic rings. The Bertz CT molecular complexity index is 1030. The summed E-state index contributed by atoms with van der Waals surface area (Å²) in [7, 11) is 0. The largest absolute Gasteiger partial charge is 0.508 e. The molecule has 0 aromatic heterocycles. The third-order valence-electron chi connectivity index (χ3n) is 4.30. The van der Waals surface area contributed by atoms with Crippen LogP contribution in [-0.4, -0.2) is 38.8 Å². The van der Waals surface area contributed by atoms with Crippen molar-refractivity contribution in [1.82, 2.24) is 0 Å². The number of phenolic OH excluding ortho intramolecular Hbond substituents is 3. The number of carbonyl (C=O) groups excluding carboxylic acids is 3. The van der Waals surface area contributed by atoms with Crippen molar-refractivity contribution in [3.05, 3.63) is 58.1 Å². The van der Waals surface area contributed by atoms with Gasteiger partial charge < -0.3 is 26.4 Å². The van der Waals surface area contributed by atoms with E-state index in [1.807, 2.05) is 0 Å². The highest BCUT2D eigenvalue weighted by molar-refractivity contribution is 6.37. The molecule has 144 valence electrons. The molecule has 2 aromatic carbocycles. The minimum absolute atomic E-state index is 0.0452. The van der Waals surface area contributed by atoms with Crippen LogP contribution in [-0.2, 0) is 11.2 Å². The number of benzene rings is 2. The van der Waals surface area contributed by atoms with Gasteiger partial charge in [0.15, 0.2) is 17.3 Å². The minimum Gasteiger partial charge on any atom is -0.508 e. The molecule has 1 aliphatic rings. The quantitative estimate of drug-likeness (QED) is 0.378. The Hall–Kier alpha value is -3.52. The van der Waals surface area contributed by atoms with Gasteiger partial charge in [-0.2, -0.15) is 0 Å². The maximum atomic E-state index is 12.1. The summed E-state index contributed by atoms with van der Waals surface area (Å²) >= 11 is 6.08. The summed E-state index contributed by atoms with van der Waals surface area (Å²) in [4.78, 5) is 36.0. The van der Waals surface area contributed by atoms with Crippen LogP contribution in [0, 0.1) is 0 Å². The molecule has 0 bridgehead atoms. The number of ketones is 2. The fourth-order valence-electron chi connectivity index (χ4n) is 2.89. The van der Waals surface area contributed by atoms with Gasteiger partial charge in [-0.1, -0.05) is 23.7 Å². The normalized spacial score (nSPS) is 13.9. The van der Waals surface area contributed by atoms with Gasteiger partial charge in [0.2, 0.25) is 5.91 Å². The van der Waals surface area contributed by atoms with Gasteiger partial charge in [0.05, 0.1) is 11.1 Å². The summed E-state index contributed by atoms with van der Waals surface area (Å²) in [5.41, 5.74) is 4.94. The Labute approximate surface area is 163 Å². The molecule has 0 unspecified atom stereocenters. The van der Waals surface area contributed by atoms with Gasteiger partial charge in [-0.3, -0.25) is 14.4 Å². The smallest absolute Gasteiger partial charge is 0.240 e. The van der Waals surface area contributed by atoms with E-state index in [1.54, 1.807) is 12.1 Å². The molecule has 1 atom stereocenters. The molecule has 1 aliphatic carbocycles. The number of amides is 1. The number of rotatable bonds is 5. The van der Waals surface area contributed by atoms with Gasteiger partial charge in [0.1, 0.15) is 28.3 Å². The number of hydrogen-bond donors (Lipinski definition) is 5. The van der Waals surface area contributed by atoms with Gasteiger partial charge in [-0.15, -0.1) is 0 Å². The summed E-state index contributed by atoms with van der Waals surface area (Å²) in [6.45, 7) is 0. The first kappa shape index (κ1) is 19.2. The van der Waals surface area contributed by atoms with Crippen LogP contribution >= 0.6 is 11.6 Å². The van der Waals surface area contributed by atoms with Gasteiger partial charge >= 0.3 is 0 Å². The van der Waals surface area contributed by atoms with Gasteiger partial charge in [-0.25, -0.2) is 0 Å². The topological polar surface area (TPSA) is 150 Å². The van der Waals surface area contributed by atoms with Crippen LogP contribution in [0.25, 0.3) is 0 Å². The number of primary amides is 1. The second-order valence-corrected chi connectivity index (χ2v) is 6.55. The van der Waals surface area contributed by atoms with Crippen molar-refractivity contribution in [3.8, 4) is 17.2 Å². The molecular formula is C19H15ClN2O6. The standard InChI is InChI=1S/C19H15ClN2O6/c20-15-16(18(27)14-12(25)6-5-11(24)13(14)17(15)26)22-10(19(21)28)7-8-1-3-9(23)4-2-8/h1-6,10,22-23,26-27H,7H2,(H2,21,28)/t10-/m0/s1. The summed E-state index contributed by atoms with van der Waals surface area (Å²) in [5, 5.41) is 32.3. The molecule has 0 spiro atoms. The highest BCUT2D eigenvalue weighted by Gasteiger charge is 2.32. The van der Waals surface area contributed by atoms with Gasteiger partial charge in [0.25, 0.3) is 0 Å². The minimum atomic E-state index is -1.07. The lowest BCUT2D eigenvalue weighted by molar-refractivity contribution is -0.118. The van der Waals surface area contributed by atoms with E-state index in [0.717, 1.165) is 12.2 Å². The highest BCUT2D eigenvalue weighted by Crippen LogP contribution is 2.46. The number of carbonyl (C=O) groups is 3. The number of fused-ring (bicyclic) bond motifs is 1. The molecule has 0 fully saturated rings. The van der Waals surface area contributed by atoms with Crippen LogP contribution in [0.1, 0.15) is 26.3 Å². The summed E-state index contributed by atoms with van der Waals surface area (Å²) < 4.78 is 0. The van der Waals surface area contributed by atoms with Crippen molar-refractivity contribution in [1.29, 1.82) is 0 Å². The zero-order valence-electron chi connectivity index (χ0n) is 14.3. The predicted molar refractivity (Wildman–Crippen MR) is 101 cm³/mol. The highest BCUT2D eigenvalue weighted by atomic mass is 35.5. The van der Waals surface area contributed by atoms with Gasteiger partial charge in [0, 0.05) is 6.42 Å². The molecule has 0 aliphatic heterocycles. The number of anilines is 1. The summed E-state index contributed by atoms with van der Waals surface area (Å²) in [6.07, 6.45) is 1.99. The molecule has 0 heterocycles. The van der Waals surface area contributed by atoms with Crippen molar-refractivity contribution in [2.24, 2.45) is 5.73 Å². The summed E-state index contributed by atoms with van der Waals surface area (Å²) in [6, 6.07) is 4.94. The first-order chi connectivity index (χ1) is 13.2. The lowest BCUT2D eigenvalue weighted by Crippen LogP contribution is -2.37. The number of nitrogens with two attached hydrogens (primary N) is 1. The van der Waals surface area contributed by atoms with Crippen LogP contribution in [0.4, 0.5) is 5.69 Å². The fraction of sp³-hybridized carbons (Fsp3) is 0.105. The van der Waals surface area contributed by atoms with E-state index in [1.165, 1.54) is 12.1 Å². The van der Waals surface area contributed by atoms with Crippen molar-refractivity contribution >= 4 is 34.8 Å². The Morgan fingerprint density at radius 1 is 1.00 bits per heavy atom. The maximum Gasteiger partial charge on any atom is 0.240 e. The first-order valence-electron chi connectivity index (χ1n) is 8.08. The second kappa shape index (κ2) is 7.24. The maximum absolute atomic E-state index is 12.1. The number of phenols is 3. The van der Waals surface area contributed by atoms with Crippen LogP contribution < -0.4 is 11.1 Å². The number of allylic oxidation sites excluding steroid dienone is 2. The Balaban J connectivity index is 2.03. The molecule has 0 saturated heterocycles. The van der Waals surface area contributed by atoms with Crippen molar-refractivity contribution < 1.29 is 29.7 Å². The molecule has 0 saturated carbocycles.